The van der Waals surface area contributed by atoms with Gasteiger partial charge in [-0.2, -0.15) is 0 Å². The van der Waals surface area contributed by atoms with Crippen molar-refractivity contribution in [2.45, 2.75) is 18.9 Å². The fourth-order valence-corrected chi connectivity index (χ4v) is 2.67. The summed E-state index contributed by atoms with van der Waals surface area (Å²) in [4.78, 5) is 16.3. The molecular formula is C15H23N3O2. The van der Waals surface area contributed by atoms with E-state index in [0.29, 0.717) is 17.3 Å². The average molecular weight is 277 g/mol. The fourth-order valence-electron chi connectivity index (χ4n) is 2.67. The molecule has 0 spiro atoms. The molecule has 0 amide bonds. The third-order valence-electron chi connectivity index (χ3n) is 4.00. The lowest BCUT2D eigenvalue weighted by Crippen LogP contribution is -2.42. The van der Waals surface area contributed by atoms with Gasteiger partial charge in [0.25, 0.3) is 0 Å². The van der Waals surface area contributed by atoms with Crippen LogP contribution in [0.3, 0.4) is 0 Å². The lowest BCUT2D eigenvalue weighted by atomic mass is 10.0. The molecule has 2 rings (SSSR count). The molecule has 1 heterocycles. The number of rotatable bonds is 3. The van der Waals surface area contributed by atoms with Gasteiger partial charge in [-0.05, 0) is 45.1 Å². The maximum Gasteiger partial charge on any atom is 0.340 e. The molecule has 20 heavy (non-hydrogen) atoms. The molecule has 0 bridgehead atoms. The highest BCUT2D eigenvalue weighted by atomic mass is 16.5. The first-order valence-electron chi connectivity index (χ1n) is 6.92. The minimum absolute atomic E-state index is 0.382. The number of carbonyl (C=O) groups excluding carboxylic acids is 1. The van der Waals surface area contributed by atoms with E-state index in [1.165, 1.54) is 7.11 Å². The van der Waals surface area contributed by atoms with Crippen LogP contribution in [0.4, 0.5) is 11.4 Å². The third kappa shape index (κ3) is 3.04. The van der Waals surface area contributed by atoms with E-state index in [2.05, 4.69) is 23.9 Å². The molecule has 1 aromatic rings. The van der Waals surface area contributed by atoms with Gasteiger partial charge in [0.05, 0.1) is 12.7 Å². The van der Waals surface area contributed by atoms with Crippen LogP contribution in [0.5, 0.6) is 0 Å². The Balaban J connectivity index is 2.12. The number of anilines is 2. The molecule has 0 atom stereocenters. The van der Waals surface area contributed by atoms with E-state index in [1.54, 1.807) is 6.07 Å². The van der Waals surface area contributed by atoms with Crippen molar-refractivity contribution in [3.63, 3.8) is 0 Å². The second kappa shape index (κ2) is 6.13. The van der Waals surface area contributed by atoms with Crippen LogP contribution in [0.15, 0.2) is 18.2 Å². The van der Waals surface area contributed by atoms with E-state index >= 15 is 0 Å². The highest BCUT2D eigenvalue weighted by Crippen LogP contribution is 2.25. The quantitative estimate of drug-likeness (QED) is 0.671. The van der Waals surface area contributed by atoms with Crippen molar-refractivity contribution < 1.29 is 9.53 Å². The van der Waals surface area contributed by atoms with Crippen LogP contribution < -0.4 is 10.6 Å². The van der Waals surface area contributed by atoms with Gasteiger partial charge >= 0.3 is 5.97 Å². The number of carbonyl (C=O) groups is 1. The van der Waals surface area contributed by atoms with Crippen molar-refractivity contribution >= 4 is 17.3 Å². The second-order valence-corrected chi connectivity index (χ2v) is 5.44. The van der Waals surface area contributed by atoms with E-state index in [1.807, 2.05) is 12.1 Å². The topological polar surface area (TPSA) is 58.8 Å². The molecule has 5 heteroatoms. The van der Waals surface area contributed by atoms with Gasteiger partial charge in [-0.15, -0.1) is 0 Å². The van der Waals surface area contributed by atoms with E-state index in [9.17, 15) is 4.79 Å². The zero-order valence-electron chi connectivity index (χ0n) is 12.4. The fraction of sp³-hybridized carbons (Fsp3) is 0.533. The SMILES string of the molecule is COC(=O)c1cc(N2CCC(N(C)C)CC2)ccc1N. The number of esters is 1. The van der Waals surface area contributed by atoms with Crippen LogP contribution in [0.1, 0.15) is 23.2 Å². The number of piperidine rings is 1. The molecule has 5 nitrogen and oxygen atoms in total. The molecule has 2 N–H and O–H groups in total. The maximum atomic E-state index is 11.7. The Labute approximate surface area is 120 Å². The summed E-state index contributed by atoms with van der Waals surface area (Å²) in [5, 5.41) is 0. The molecule has 0 unspecified atom stereocenters. The molecule has 1 fully saturated rings. The minimum atomic E-state index is -0.382. The number of ether oxygens (including phenoxy) is 1. The number of hydrogen-bond donors (Lipinski definition) is 1. The first kappa shape index (κ1) is 14.7. The Morgan fingerprint density at radius 3 is 2.55 bits per heavy atom. The van der Waals surface area contributed by atoms with Gasteiger partial charge in [0.2, 0.25) is 0 Å². The second-order valence-electron chi connectivity index (χ2n) is 5.44. The summed E-state index contributed by atoms with van der Waals surface area (Å²) in [5.74, 6) is -0.382. The zero-order chi connectivity index (χ0) is 14.7. The van der Waals surface area contributed by atoms with Crippen molar-refractivity contribution in [3.8, 4) is 0 Å². The normalized spacial score (nSPS) is 16.5. The summed E-state index contributed by atoms with van der Waals surface area (Å²) in [7, 11) is 5.62. The first-order valence-corrected chi connectivity index (χ1v) is 6.92. The molecule has 1 aromatic carbocycles. The van der Waals surface area contributed by atoms with E-state index < -0.39 is 0 Å². The molecule has 1 aliphatic rings. The van der Waals surface area contributed by atoms with Crippen LogP contribution in [-0.2, 0) is 4.74 Å². The number of nitrogens with two attached hydrogens (primary N) is 1. The van der Waals surface area contributed by atoms with Gasteiger partial charge in [-0.25, -0.2) is 4.79 Å². The number of benzene rings is 1. The third-order valence-corrected chi connectivity index (χ3v) is 4.00. The Hall–Kier alpha value is -1.75. The van der Waals surface area contributed by atoms with E-state index in [4.69, 9.17) is 10.5 Å². The summed E-state index contributed by atoms with van der Waals surface area (Å²) in [5.41, 5.74) is 7.78. The number of nitrogen functional groups attached to an aromatic ring is 1. The Kier molecular flexibility index (Phi) is 4.49. The standard InChI is InChI=1S/C15H23N3O2/c1-17(2)11-6-8-18(9-7-11)12-4-5-14(16)13(10-12)15(19)20-3/h4-5,10-11H,6-9,16H2,1-3H3. The first-order chi connectivity index (χ1) is 9.52. The van der Waals surface area contributed by atoms with Crippen LogP contribution >= 0.6 is 0 Å². The molecule has 0 aromatic heterocycles. The smallest absolute Gasteiger partial charge is 0.340 e. The summed E-state index contributed by atoms with van der Waals surface area (Å²) in [6, 6.07) is 6.22. The highest BCUT2D eigenvalue weighted by molar-refractivity contribution is 5.96. The predicted molar refractivity (Wildman–Crippen MR) is 81.1 cm³/mol. The number of methoxy groups -OCH3 is 1. The van der Waals surface area contributed by atoms with Crippen molar-refractivity contribution in [2.75, 3.05) is 44.9 Å². The van der Waals surface area contributed by atoms with Crippen LogP contribution in [-0.4, -0.2) is 51.2 Å². The maximum absolute atomic E-state index is 11.7. The highest BCUT2D eigenvalue weighted by Gasteiger charge is 2.21. The molecule has 1 saturated heterocycles. The van der Waals surface area contributed by atoms with Gasteiger partial charge in [0.1, 0.15) is 0 Å². The Morgan fingerprint density at radius 2 is 2.00 bits per heavy atom. The van der Waals surface area contributed by atoms with Gasteiger partial charge < -0.3 is 20.3 Å². The van der Waals surface area contributed by atoms with Gasteiger partial charge in [-0.3, -0.25) is 0 Å². The number of nitrogens with zero attached hydrogens (tertiary/aromatic N) is 2. The molecule has 0 saturated carbocycles. The van der Waals surface area contributed by atoms with Gasteiger partial charge in [0, 0.05) is 30.5 Å². The molecule has 0 radical (unpaired) electrons. The van der Waals surface area contributed by atoms with Gasteiger partial charge in [-0.1, -0.05) is 0 Å². The Morgan fingerprint density at radius 1 is 1.35 bits per heavy atom. The van der Waals surface area contributed by atoms with E-state index in [0.717, 1.165) is 31.6 Å². The van der Waals surface area contributed by atoms with Gasteiger partial charge in [0.15, 0.2) is 0 Å². The molecule has 110 valence electrons. The van der Waals surface area contributed by atoms with Crippen LogP contribution in [0.25, 0.3) is 0 Å². The summed E-state index contributed by atoms with van der Waals surface area (Å²) in [6.45, 7) is 1.99. The van der Waals surface area contributed by atoms with Crippen LogP contribution in [0.2, 0.25) is 0 Å². The molecule has 1 aliphatic heterocycles. The van der Waals surface area contributed by atoms with Crippen molar-refractivity contribution in [3.05, 3.63) is 23.8 Å². The minimum Gasteiger partial charge on any atom is -0.465 e. The monoisotopic (exact) mass is 277 g/mol. The Bertz CT molecular complexity index is 480. The average Bonchev–Trinajstić information content (AvgIpc) is 2.47. The molecular weight excluding hydrogens is 254 g/mol. The van der Waals surface area contributed by atoms with Crippen molar-refractivity contribution in [1.29, 1.82) is 0 Å². The largest absolute Gasteiger partial charge is 0.465 e. The summed E-state index contributed by atoms with van der Waals surface area (Å²) in [6.07, 6.45) is 2.26. The number of hydrogen-bond acceptors (Lipinski definition) is 5. The molecule has 0 aliphatic carbocycles. The summed E-state index contributed by atoms with van der Waals surface area (Å²) >= 11 is 0. The van der Waals surface area contributed by atoms with E-state index in [-0.39, 0.29) is 5.97 Å². The summed E-state index contributed by atoms with van der Waals surface area (Å²) < 4.78 is 4.76. The lowest BCUT2D eigenvalue weighted by Gasteiger charge is -2.36. The zero-order valence-corrected chi connectivity index (χ0v) is 12.4. The van der Waals surface area contributed by atoms with Crippen LogP contribution in [0, 0.1) is 0 Å². The van der Waals surface area contributed by atoms with Crippen molar-refractivity contribution in [1.82, 2.24) is 4.90 Å². The lowest BCUT2D eigenvalue weighted by molar-refractivity contribution is 0.0602. The van der Waals surface area contributed by atoms with Crippen molar-refractivity contribution in [2.24, 2.45) is 0 Å². The predicted octanol–water partition coefficient (Wildman–Crippen LogP) is 1.59.